The summed E-state index contributed by atoms with van der Waals surface area (Å²) in [6.07, 6.45) is 7.67. The Morgan fingerprint density at radius 2 is 1.85 bits per heavy atom. The first-order valence-corrected chi connectivity index (χ1v) is 9.86. The number of carbonyl (C=O) groups is 1. The van der Waals surface area contributed by atoms with Gasteiger partial charge < -0.3 is 37.9 Å². The van der Waals surface area contributed by atoms with Crippen molar-refractivity contribution >= 4 is 5.97 Å². The van der Waals surface area contributed by atoms with Gasteiger partial charge in [0.2, 0.25) is 0 Å². The number of piperidine rings is 2. The predicted molar refractivity (Wildman–Crippen MR) is 98.8 cm³/mol. The van der Waals surface area contributed by atoms with Gasteiger partial charge in [0.05, 0.1) is 45.0 Å². The van der Waals surface area contributed by atoms with Crippen molar-refractivity contribution in [3.8, 4) is 5.75 Å². The van der Waals surface area contributed by atoms with Crippen LogP contribution in [0.2, 0.25) is 0 Å². The summed E-state index contributed by atoms with van der Waals surface area (Å²) >= 11 is 0. The largest absolute Gasteiger partial charge is 1.00 e. The average Bonchev–Trinajstić information content (AvgIpc) is 2.62. The highest BCUT2D eigenvalue weighted by atomic mass is 127. The zero-order valence-corrected chi connectivity index (χ0v) is 18.2. The molecule has 2 heterocycles. The second-order valence-electron chi connectivity index (χ2n) is 7.77. The van der Waals surface area contributed by atoms with Crippen LogP contribution in [0, 0.1) is 5.92 Å². The number of hydrogen-bond donors (Lipinski definition) is 0. The van der Waals surface area contributed by atoms with Crippen LogP contribution in [-0.4, -0.2) is 49.8 Å². The van der Waals surface area contributed by atoms with Crippen molar-refractivity contribution in [3.05, 3.63) is 29.8 Å². The molecule has 146 valence electrons. The first-order chi connectivity index (χ1) is 12.1. The van der Waals surface area contributed by atoms with Gasteiger partial charge in [0.1, 0.15) is 5.75 Å². The lowest BCUT2D eigenvalue weighted by Gasteiger charge is -2.51. The zero-order chi connectivity index (χ0) is 17.7. The summed E-state index contributed by atoms with van der Waals surface area (Å²) in [5.41, 5.74) is 0.602. The zero-order valence-electron chi connectivity index (χ0n) is 16.1. The maximum Gasteiger partial charge on any atom is 0.338 e. The van der Waals surface area contributed by atoms with E-state index >= 15 is 0 Å². The fourth-order valence-electron chi connectivity index (χ4n) is 4.81. The van der Waals surface area contributed by atoms with Crippen LogP contribution in [-0.2, 0) is 4.74 Å². The van der Waals surface area contributed by atoms with Crippen LogP contribution in [0.3, 0.4) is 0 Å². The topological polar surface area (TPSA) is 35.5 Å². The van der Waals surface area contributed by atoms with Gasteiger partial charge in [-0.2, -0.15) is 0 Å². The van der Waals surface area contributed by atoms with Crippen molar-refractivity contribution in [2.24, 2.45) is 5.92 Å². The van der Waals surface area contributed by atoms with Crippen LogP contribution in [0.4, 0.5) is 0 Å². The Morgan fingerprint density at radius 1 is 1.12 bits per heavy atom. The van der Waals surface area contributed by atoms with E-state index in [1.165, 1.54) is 49.7 Å². The number of carbonyl (C=O) groups excluding carboxylic acids is 1. The molecule has 5 heteroatoms. The molecule has 1 unspecified atom stereocenters. The van der Waals surface area contributed by atoms with E-state index in [4.69, 9.17) is 9.47 Å². The Kier molecular flexibility index (Phi) is 8.20. The molecule has 2 aliphatic rings. The summed E-state index contributed by atoms with van der Waals surface area (Å²) in [5, 5.41) is 0. The van der Waals surface area contributed by atoms with Crippen LogP contribution < -0.4 is 28.7 Å². The summed E-state index contributed by atoms with van der Waals surface area (Å²) in [4.78, 5) is 12.2. The van der Waals surface area contributed by atoms with Crippen molar-refractivity contribution in [2.75, 3.05) is 33.4 Å². The van der Waals surface area contributed by atoms with Crippen LogP contribution in [0.5, 0.6) is 5.75 Å². The SMILES string of the molecule is CCOc1ccc(C(=O)OCC[C@@H]2CCC[N+]3(C)CCCC[C@H]23)cc1.[I-]. The maximum absolute atomic E-state index is 12.2. The number of halogens is 1. The Labute approximate surface area is 174 Å². The molecule has 3 rings (SSSR count). The molecule has 2 fully saturated rings. The second kappa shape index (κ2) is 9.93. The minimum Gasteiger partial charge on any atom is -1.00 e. The minimum atomic E-state index is -0.222. The highest BCUT2D eigenvalue weighted by Crippen LogP contribution is 2.37. The van der Waals surface area contributed by atoms with Gasteiger partial charge in [0, 0.05) is 5.92 Å². The second-order valence-corrected chi connectivity index (χ2v) is 7.77. The summed E-state index contributed by atoms with van der Waals surface area (Å²) in [7, 11) is 2.43. The van der Waals surface area contributed by atoms with E-state index in [-0.39, 0.29) is 29.9 Å². The van der Waals surface area contributed by atoms with Crippen molar-refractivity contribution in [3.63, 3.8) is 0 Å². The van der Waals surface area contributed by atoms with E-state index < -0.39 is 0 Å². The number of rotatable bonds is 6. The standard InChI is InChI=1S/C21H32NO3.HI/c1-3-24-19-11-9-18(10-12-19)21(23)25-16-13-17-7-6-15-22(2)14-5-4-8-20(17)22;/h9-12,17,20H,3-8,13-16H2,1-2H3;1H/q+1;/p-1/t17-,20+,22?;/m0./s1. The third kappa shape index (κ3) is 5.12. The number of benzene rings is 1. The Morgan fingerprint density at radius 3 is 2.58 bits per heavy atom. The molecular weight excluding hydrogens is 441 g/mol. The smallest absolute Gasteiger partial charge is 0.338 e. The number of hydrogen-bond acceptors (Lipinski definition) is 3. The van der Waals surface area contributed by atoms with E-state index in [0.29, 0.717) is 24.7 Å². The maximum atomic E-state index is 12.2. The molecule has 4 nitrogen and oxygen atoms in total. The highest BCUT2D eigenvalue weighted by Gasteiger charge is 2.43. The van der Waals surface area contributed by atoms with E-state index in [9.17, 15) is 4.79 Å². The van der Waals surface area contributed by atoms with Crippen molar-refractivity contribution < 1.29 is 42.7 Å². The van der Waals surface area contributed by atoms with Crippen molar-refractivity contribution in [1.29, 1.82) is 0 Å². The van der Waals surface area contributed by atoms with Gasteiger partial charge in [-0.1, -0.05) is 0 Å². The number of fused-ring (bicyclic) bond motifs is 1. The van der Waals surface area contributed by atoms with E-state index in [0.717, 1.165) is 18.2 Å². The third-order valence-electron chi connectivity index (χ3n) is 6.13. The molecule has 0 radical (unpaired) electrons. The molecular formula is C21H32INO3. The molecule has 0 bridgehead atoms. The number of nitrogens with zero attached hydrogens (tertiary/aromatic N) is 1. The van der Waals surface area contributed by atoms with Gasteiger partial charge in [0.25, 0.3) is 0 Å². The highest BCUT2D eigenvalue weighted by molar-refractivity contribution is 5.89. The minimum absolute atomic E-state index is 0. The molecule has 3 atom stereocenters. The van der Waals surface area contributed by atoms with E-state index in [2.05, 4.69) is 7.05 Å². The number of ether oxygens (including phenoxy) is 2. The summed E-state index contributed by atoms with van der Waals surface area (Å²) in [5.74, 6) is 1.27. The van der Waals surface area contributed by atoms with Crippen molar-refractivity contribution in [2.45, 2.75) is 51.5 Å². The lowest BCUT2D eigenvalue weighted by molar-refractivity contribution is -0.947. The molecule has 0 saturated carbocycles. The van der Waals surface area contributed by atoms with Gasteiger partial charge in [0.15, 0.2) is 0 Å². The summed E-state index contributed by atoms with van der Waals surface area (Å²) < 4.78 is 12.2. The first kappa shape index (κ1) is 21.5. The summed E-state index contributed by atoms with van der Waals surface area (Å²) in [6, 6.07) is 7.98. The molecule has 0 spiro atoms. The van der Waals surface area contributed by atoms with Gasteiger partial charge in [-0.15, -0.1) is 0 Å². The van der Waals surface area contributed by atoms with Crippen molar-refractivity contribution in [1.82, 2.24) is 0 Å². The van der Waals surface area contributed by atoms with E-state index in [1.807, 2.05) is 19.1 Å². The number of esters is 1. The molecule has 2 saturated heterocycles. The molecule has 26 heavy (non-hydrogen) atoms. The lowest BCUT2D eigenvalue weighted by Crippen LogP contribution is -3.00. The lowest BCUT2D eigenvalue weighted by atomic mass is 9.80. The summed E-state index contributed by atoms with van der Waals surface area (Å²) in [6.45, 7) is 5.76. The average molecular weight is 473 g/mol. The third-order valence-corrected chi connectivity index (χ3v) is 6.13. The van der Waals surface area contributed by atoms with Crippen LogP contribution in [0.25, 0.3) is 0 Å². The fraction of sp³-hybridized carbons (Fsp3) is 0.667. The molecule has 1 aromatic rings. The molecule has 1 aromatic carbocycles. The van der Waals surface area contributed by atoms with Gasteiger partial charge in [-0.05, 0) is 69.7 Å². The number of quaternary nitrogens is 1. The van der Waals surface area contributed by atoms with Gasteiger partial charge in [-0.25, -0.2) is 4.79 Å². The van der Waals surface area contributed by atoms with Crippen LogP contribution >= 0.6 is 0 Å². The monoisotopic (exact) mass is 473 g/mol. The quantitative estimate of drug-likeness (QED) is 0.352. The van der Waals surface area contributed by atoms with Gasteiger partial charge in [-0.3, -0.25) is 0 Å². The molecule has 0 aliphatic carbocycles. The predicted octanol–water partition coefficient (Wildman–Crippen LogP) is 1.05. The molecule has 0 amide bonds. The Hall–Kier alpha value is -0.820. The van der Waals surface area contributed by atoms with Crippen LogP contribution in [0.1, 0.15) is 55.8 Å². The molecule has 0 aromatic heterocycles. The van der Waals surface area contributed by atoms with Gasteiger partial charge >= 0.3 is 5.97 Å². The normalized spacial score (nSPS) is 27.8. The fourth-order valence-corrected chi connectivity index (χ4v) is 4.81. The molecule has 2 aliphatic heterocycles. The Bertz CT molecular complexity index is 573. The van der Waals surface area contributed by atoms with E-state index in [1.54, 1.807) is 12.1 Å². The molecule has 0 N–H and O–H groups in total. The first-order valence-electron chi connectivity index (χ1n) is 9.86. The van der Waals surface area contributed by atoms with Crippen LogP contribution in [0.15, 0.2) is 24.3 Å². The Balaban J connectivity index is 0.00000243.